The number of carbonyl (C=O) groups is 1. The number of hydrogen-bond acceptors (Lipinski definition) is 5. The molecule has 0 bridgehead atoms. The first-order valence-electron chi connectivity index (χ1n) is 8.45. The Morgan fingerprint density at radius 1 is 1.30 bits per heavy atom. The maximum Gasteiger partial charge on any atom is 0.255 e. The van der Waals surface area contributed by atoms with Crippen LogP contribution in [0.25, 0.3) is 0 Å². The molecule has 1 heterocycles. The SMILES string of the molecule is CCC#CCOc1cccc(CNC(=O)c2ccc(COC)nc2N)c1F. The Balaban J connectivity index is 2.02. The van der Waals surface area contributed by atoms with Gasteiger partial charge in [0.2, 0.25) is 0 Å². The predicted molar refractivity (Wildman–Crippen MR) is 100 cm³/mol. The van der Waals surface area contributed by atoms with E-state index >= 15 is 0 Å². The van der Waals surface area contributed by atoms with Crippen molar-refractivity contribution in [3.63, 3.8) is 0 Å². The van der Waals surface area contributed by atoms with Gasteiger partial charge in [-0.15, -0.1) is 5.92 Å². The molecule has 27 heavy (non-hydrogen) atoms. The fraction of sp³-hybridized carbons (Fsp3) is 0.300. The summed E-state index contributed by atoms with van der Waals surface area (Å²) in [5.74, 6) is 4.85. The van der Waals surface area contributed by atoms with Crippen molar-refractivity contribution in [3.05, 3.63) is 53.0 Å². The molecule has 0 atom stereocenters. The highest BCUT2D eigenvalue weighted by molar-refractivity contribution is 5.98. The van der Waals surface area contributed by atoms with Crippen molar-refractivity contribution in [1.29, 1.82) is 0 Å². The van der Waals surface area contributed by atoms with E-state index in [-0.39, 0.29) is 30.3 Å². The second-order valence-corrected chi connectivity index (χ2v) is 5.58. The number of amides is 1. The van der Waals surface area contributed by atoms with Crippen LogP contribution in [0.4, 0.5) is 10.2 Å². The Labute approximate surface area is 157 Å². The van der Waals surface area contributed by atoms with Crippen molar-refractivity contribution < 1.29 is 18.7 Å². The summed E-state index contributed by atoms with van der Waals surface area (Å²) in [6.07, 6.45) is 0.711. The number of rotatable bonds is 7. The number of carbonyl (C=O) groups excluding carboxylic acids is 1. The molecular weight excluding hydrogens is 349 g/mol. The molecule has 1 aromatic carbocycles. The average molecular weight is 371 g/mol. The zero-order valence-corrected chi connectivity index (χ0v) is 15.3. The van der Waals surface area contributed by atoms with Crippen LogP contribution in [0, 0.1) is 17.7 Å². The van der Waals surface area contributed by atoms with Gasteiger partial charge in [0.1, 0.15) is 12.4 Å². The Bertz CT molecular complexity index is 859. The van der Waals surface area contributed by atoms with Gasteiger partial charge in [-0.1, -0.05) is 25.0 Å². The minimum atomic E-state index is -0.530. The van der Waals surface area contributed by atoms with Gasteiger partial charge in [-0.25, -0.2) is 9.37 Å². The lowest BCUT2D eigenvalue weighted by Crippen LogP contribution is -2.25. The molecule has 142 valence electrons. The number of benzene rings is 1. The molecule has 6 nitrogen and oxygen atoms in total. The molecule has 3 N–H and O–H groups in total. The number of methoxy groups -OCH3 is 1. The summed E-state index contributed by atoms with van der Waals surface area (Å²) in [6.45, 7) is 2.31. The fourth-order valence-electron chi connectivity index (χ4n) is 2.30. The number of aromatic nitrogens is 1. The third-order valence-electron chi connectivity index (χ3n) is 3.60. The lowest BCUT2D eigenvalue weighted by molar-refractivity contribution is 0.0951. The number of pyridine rings is 1. The third kappa shape index (κ3) is 5.69. The number of nitrogens with two attached hydrogens (primary N) is 1. The van der Waals surface area contributed by atoms with Crippen LogP contribution < -0.4 is 15.8 Å². The first kappa shape index (κ1) is 20.2. The number of anilines is 1. The zero-order chi connectivity index (χ0) is 19.6. The summed E-state index contributed by atoms with van der Waals surface area (Å²) in [7, 11) is 1.54. The molecular formula is C20H22FN3O3. The van der Waals surface area contributed by atoms with Gasteiger partial charge in [0.15, 0.2) is 11.6 Å². The van der Waals surface area contributed by atoms with Gasteiger partial charge in [-0.05, 0) is 18.2 Å². The normalized spacial score (nSPS) is 10.0. The standard InChI is InChI=1S/C20H22FN3O3/c1-3-4-5-11-27-17-8-6-7-14(18(17)21)12-23-20(25)16-10-9-15(13-26-2)24-19(16)22/h6-10H,3,11-13H2,1-2H3,(H2,22,24)(H,23,25). The Hall–Kier alpha value is -3.11. The minimum absolute atomic E-state index is 0.0121. The van der Waals surface area contributed by atoms with E-state index in [2.05, 4.69) is 22.1 Å². The van der Waals surface area contributed by atoms with Crippen LogP contribution in [0.5, 0.6) is 5.75 Å². The average Bonchev–Trinajstić information content (AvgIpc) is 2.65. The van der Waals surface area contributed by atoms with Crippen LogP contribution in [0.15, 0.2) is 30.3 Å². The molecule has 0 spiro atoms. The molecule has 0 saturated heterocycles. The lowest BCUT2D eigenvalue weighted by atomic mass is 10.1. The van der Waals surface area contributed by atoms with Crippen LogP contribution in [-0.4, -0.2) is 24.6 Å². The van der Waals surface area contributed by atoms with Crippen LogP contribution >= 0.6 is 0 Å². The van der Waals surface area contributed by atoms with Gasteiger partial charge in [-0.3, -0.25) is 4.79 Å². The van der Waals surface area contributed by atoms with Crippen molar-refractivity contribution in [2.75, 3.05) is 19.5 Å². The van der Waals surface area contributed by atoms with E-state index in [1.165, 1.54) is 6.07 Å². The fourth-order valence-corrected chi connectivity index (χ4v) is 2.30. The molecule has 0 unspecified atom stereocenters. The van der Waals surface area contributed by atoms with E-state index in [0.717, 1.165) is 0 Å². The van der Waals surface area contributed by atoms with E-state index in [9.17, 15) is 9.18 Å². The van der Waals surface area contributed by atoms with Gasteiger partial charge >= 0.3 is 0 Å². The van der Waals surface area contributed by atoms with Crippen LogP contribution in [0.1, 0.15) is 35.0 Å². The molecule has 1 aromatic heterocycles. The van der Waals surface area contributed by atoms with E-state index in [0.29, 0.717) is 24.3 Å². The molecule has 0 aliphatic heterocycles. The summed E-state index contributed by atoms with van der Waals surface area (Å²) in [5, 5.41) is 2.64. The highest BCUT2D eigenvalue weighted by atomic mass is 19.1. The van der Waals surface area contributed by atoms with Crippen molar-refractivity contribution in [2.45, 2.75) is 26.5 Å². The molecule has 0 radical (unpaired) electrons. The maximum absolute atomic E-state index is 14.5. The maximum atomic E-state index is 14.5. The number of hydrogen-bond donors (Lipinski definition) is 2. The summed E-state index contributed by atoms with van der Waals surface area (Å²) in [5.41, 5.74) is 6.96. The largest absolute Gasteiger partial charge is 0.478 e. The Morgan fingerprint density at radius 2 is 2.11 bits per heavy atom. The molecule has 7 heteroatoms. The molecule has 2 rings (SSSR count). The summed E-state index contributed by atoms with van der Waals surface area (Å²) >= 11 is 0. The number of nitrogens with one attached hydrogen (secondary N) is 1. The second kappa shape index (κ2) is 10.1. The first-order valence-corrected chi connectivity index (χ1v) is 8.45. The van der Waals surface area contributed by atoms with Crippen LogP contribution in [0.2, 0.25) is 0 Å². The van der Waals surface area contributed by atoms with E-state index < -0.39 is 11.7 Å². The third-order valence-corrected chi connectivity index (χ3v) is 3.60. The Kier molecular flexibility index (Phi) is 7.59. The summed E-state index contributed by atoms with van der Waals surface area (Å²) in [6, 6.07) is 7.96. The van der Waals surface area contributed by atoms with Crippen molar-refractivity contribution in [1.82, 2.24) is 10.3 Å². The topological polar surface area (TPSA) is 86.5 Å². The number of nitrogens with zero attached hydrogens (tertiary/aromatic N) is 1. The number of nitrogen functional groups attached to an aromatic ring is 1. The lowest BCUT2D eigenvalue weighted by Gasteiger charge is -2.11. The number of ether oxygens (including phenoxy) is 2. The van der Waals surface area contributed by atoms with Gasteiger partial charge in [0.05, 0.1) is 17.9 Å². The van der Waals surface area contributed by atoms with Crippen LogP contribution in [-0.2, 0) is 17.9 Å². The smallest absolute Gasteiger partial charge is 0.255 e. The monoisotopic (exact) mass is 371 g/mol. The van der Waals surface area contributed by atoms with Gasteiger partial charge < -0.3 is 20.5 Å². The molecule has 0 aliphatic carbocycles. The van der Waals surface area contributed by atoms with Crippen molar-refractivity contribution in [2.24, 2.45) is 0 Å². The number of halogens is 1. The molecule has 1 amide bonds. The first-order chi connectivity index (χ1) is 13.1. The quantitative estimate of drug-likeness (QED) is 0.731. The van der Waals surface area contributed by atoms with Gasteiger partial charge in [0, 0.05) is 25.6 Å². The van der Waals surface area contributed by atoms with E-state index in [4.69, 9.17) is 15.2 Å². The van der Waals surface area contributed by atoms with Crippen LogP contribution in [0.3, 0.4) is 0 Å². The molecule has 0 aliphatic rings. The summed E-state index contributed by atoms with van der Waals surface area (Å²) < 4.78 is 24.8. The Morgan fingerprint density at radius 3 is 2.81 bits per heavy atom. The van der Waals surface area contributed by atoms with Gasteiger partial charge in [-0.2, -0.15) is 0 Å². The predicted octanol–water partition coefficient (Wildman–Crippen LogP) is 2.67. The highest BCUT2D eigenvalue weighted by Gasteiger charge is 2.14. The molecule has 2 aromatic rings. The van der Waals surface area contributed by atoms with Crippen molar-refractivity contribution >= 4 is 11.7 Å². The molecule has 0 fully saturated rings. The van der Waals surface area contributed by atoms with Crippen molar-refractivity contribution in [3.8, 4) is 17.6 Å². The second-order valence-electron chi connectivity index (χ2n) is 5.58. The highest BCUT2D eigenvalue weighted by Crippen LogP contribution is 2.20. The van der Waals surface area contributed by atoms with E-state index in [1.54, 1.807) is 31.4 Å². The molecule has 0 saturated carbocycles. The minimum Gasteiger partial charge on any atom is -0.478 e. The van der Waals surface area contributed by atoms with Gasteiger partial charge in [0.25, 0.3) is 5.91 Å². The zero-order valence-electron chi connectivity index (χ0n) is 15.3. The summed E-state index contributed by atoms with van der Waals surface area (Å²) in [4.78, 5) is 16.4. The van der Waals surface area contributed by atoms with E-state index in [1.807, 2.05) is 6.92 Å².